The second-order valence-corrected chi connectivity index (χ2v) is 9.07. The Bertz CT molecular complexity index is 1200. The number of ether oxygens (including phenoxy) is 2. The molecule has 1 aromatic heterocycles. The third kappa shape index (κ3) is 4.00. The fraction of sp³-hybridized carbons (Fsp3) is 0.423. The van der Waals surface area contributed by atoms with E-state index in [0.717, 1.165) is 34.6 Å². The van der Waals surface area contributed by atoms with E-state index in [4.69, 9.17) is 9.47 Å². The van der Waals surface area contributed by atoms with E-state index in [-0.39, 0.29) is 24.1 Å². The average Bonchev–Trinajstić information content (AvgIpc) is 3.23. The molecule has 6 nitrogen and oxygen atoms in total. The highest BCUT2D eigenvalue weighted by Crippen LogP contribution is 2.48. The maximum absolute atomic E-state index is 14.3. The highest BCUT2D eigenvalue weighted by molar-refractivity contribution is 5.87. The van der Waals surface area contributed by atoms with E-state index in [2.05, 4.69) is 21.3 Å². The summed E-state index contributed by atoms with van der Waals surface area (Å²) in [7, 11) is 3.06. The lowest BCUT2D eigenvalue weighted by atomic mass is 9.79. The van der Waals surface area contributed by atoms with Gasteiger partial charge in [0.05, 0.1) is 19.8 Å². The van der Waals surface area contributed by atoms with Crippen LogP contribution in [-0.2, 0) is 20.7 Å². The molecule has 4 atom stereocenters. The minimum Gasteiger partial charge on any atom is -0.468 e. The van der Waals surface area contributed by atoms with Crippen molar-refractivity contribution in [3.63, 3.8) is 0 Å². The zero-order valence-corrected chi connectivity index (χ0v) is 19.3. The first-order valence-corrected chi connectivity index (χ1v) is 11.6. The lowest BCUT2D eigenvalue weighted by Crippen LogP contribution is -2.55. The number of aromatic amines is 1. The van der Waals surface area contributed by atoms with Gasteiger partial charge in [-0.15, -0.1) is 0 Å². The van der Waals surface area contributed by atoms with Crippen molar-refractivity contribution in [2.75, 3.05) is 27.4 Å². The summed E-state index contributed by atoms with van der Waals surface area (Å²) in [6, 6.07) is 11.3. The van der Waals surface area contributed by atoms with Crippen molar-refractivity contribution in [2.45, 2.75) is 43.4 Å². The number of nitrogens with zero attached hydrogens (tertiary/aromatic N) is 1. The quantitative estimate of drug-likeness (QED) is 0.422. The maximum Gasteiger partial charge on any atom is 0.323 e. The molecule has 0 bridgehead atoms. The van der Waals surface area contributed by atoms with Crippen LogP contribution in [0.25, 0.3) is 10.9 Å². The molecule has 1 fully saturated rings. The summed E-state index contributed by atoms with van der Waals surface area (Å²) in [5.74, 6) is -2.09. The number of nitrogens with one attached hydrogen (secondary N) is 2. The average molecular weight is 470 g/mol. The molecule has 2 aliphatic heterocycles. The number of aromatic nitrogens is 1. The number of hydrogen-bond donors (Lipinski definition) is 2. The first-order chi connectivity index (χ1) is 16.5. The molecule has 0 spiro atoms. The zero-order chi connectivity index (χ0) is 23.8. The number of benzene rings is 2. The number of piperidine rings is 1. The van der Waals surface area contributed by atoms with E-state index < -0.39 is 17.7 Å². The van der Waals surface area contributed by atoms with Gasteiger partial charge in [0.2, 0.25) is 0 Å². The van der Waals surface area contributed by atoms with E-state index >= 15 is 0 Å². The van der Waals surface area contributed by atoms with Crippen LogP contribution in [0.1, 0.15) is 41.7 Å². The van der Waals surface area contributed by atoms with Crippen molar-refractivity contribution in [3.05, 3.63) is 70.9 Å². The SMILES string of the molecule is COCCN[C@@H]1C[C@@H]2c3[nH]c4ccccc4c3C[C@@H](C(=O)OC)N2[C@H](c2ccc(F)c(F)c2)C1. The van der Waals surface area contributed by atoms with Gasteiger partial charge < -0.3 is 19.8 Å². The van der Waals surface area contributed by atoms with Crippen molar-refractivity contribution < 1.29 is 23.0 Å². The predicted molar refractivity (Wildman–Crippen MR) is 124 cm³/mol. The summed E-state index contributed by atoms with van der Waals surface area (Å²) < 4.78 is 38.5. The van der Waals surface area contributed by atoms with Gasteiger partial charge in [-0.3, -0.25) is 9.69 Å². The van der Waals surface area contributed by atoms with Gasteiger partial charge in [0.15, 0.2) is 11.6 Å². The van der Waals surface area contributed by atoms with Crippen molar-refractivity contribution in [3.8, 4) is 0 Å². The topological polar surface area (TPSA) is 66.6 Å². The van der Waals surface area contributed by atoms with Crippen LogP contribution < -0.4 is 5.32 Å². The number of methoxy groups -OCH3 is 2. The highest BCUT2D eigenvalue weighted by atomic mass is 19.2. The number of rotatable bonds is 6. The summed E-state index contributed by atoms with van der Waals surface area (Å²) in [5.41, 5.74) is 3.87. The summed E-state index contributed by atoms with van der Waals surface area (Å²) in [6.45, 7) is 1.25. The molecule has 3 heterocycles. The van der Waals surface area contributed by atoms with Crippen LogP contribution in [0.3, 0.4) is 0 Å². The summed E-state index contributed by atoms with van der Waals surface area (Å²) in [6.07, 6.45) is 1.90. The van der Waals surface area contributed by atoms with Crippen LogP contribution in [0.4, 0.5) is 8.78 Å². The van der Waals surface area contributed by atoms with Crippen molar-refractivity contribution in [2.24, 2.45) is 0 Å². The Morgan fingerprint density at radius 1 is 1.12 bits per heavy atom. The highest BCUT2D eigenvalue weighted by Gasteiger charge is 2.48. The van der Waals surface area contributed by atoms with Gasteiger partial charge in [-0.2, -0.15) is 0 Å². The lowest BCUT2D eigenvalue weighted by Gasteiger charge is -2.50. The molecule has 0 radical (unpaired) electrons. The fourth-order valence-electron chi connectivity index (χ4n) is 5.72. The Kier molecular flexibility index (Phi) is 6.38. The van der Waals surface area contributed by atoms with E-state index in [1.54, 1.807) is 13.2 Å². The van der Waals surface area contributed by atoms with Crippen LogP contribution in [0.2, 0.25) is 0 Å². The third-order valence-electron chi connectivity index (χ3n) is 7.21. The normalized spacial score (nSPS) is 24.6. The smallest absolute Gasteiger partial charge is 0.323 e. The van der Waals surface area contributed by atoms with Crippen LogP contribution in [0.5, 0.6) is 0 Å². The molecule has 0 saturated carbocycles. The molecule has 3 aromatic rings. The Balaban J connectivity index is 1.62. The van der Waals surface area contributed by atoms with Crippen LogP contribution in [0.15, 0.2) is 42.5 Å². The lowest BCUT2D eigenvalue weighted by molar-refractivity contribution is -0.152. The number of carbonyl (C=O) groups excluding carboxylic acids is 1. The molecule has 0 unspecified atom stereocenters. The number of esters is 1. The number of halogens is 2. The molecule has 5 rings (SSSR count). The first-order valence-electron chi connectivity index (χ1n) is 11.6. The van der Waals surface area contributed by atoms with Crippen LogP contribution >= 0.6 is 0 Å². The number of H-pyrrole nitrogens is 1. The zero-order valence-electron chi connectivity index (χ0n) is 19.3. The van der Waals surface area contributed by atoms with E-state index in [9.17, 15) is 13.6 Å². The number of para-hydroxylation sites is 1. The largest absolute Gasteiger partial charge is 0.468 e. The maximum atomic E-state index is 14.3. The summed E-state index contributed by atoms with van der Waals surface area (Å²) >= 11 is 0. The first kappa shape index (κ1) is 23.0. The Labute approximate surface area is 197 Å². The van der Waals surface area contributed by atoms with Gasteiger partial charge in [0.25, 0.3) is 0 Å². The molecule has 2 aromatic carbocycles. The van der Waals surface area contributed by atoms with E-state index in [1.165, 1.54) is 13.2 Å². The molecule has 8 heteroatoms. The number of carbonyl (C=O) groups is 1. The Morgan fingerprint density at radius 3 is 2.68 bits per heavy atom. The van der Waals surface area contributed by atoms with Crippen molar-refractivity contribution in [1.29, 1.82) is 0 Å². The van der Waals surface area contributed by atoms with E-state index in [1.807, 2.05) is 18.2 Å². The number of hydrogen-bond acceptors (Lipinski definition) is 5. The summed E-state index contributed by atoms with van der Waals surface area (Å²) in [4.78, 5) is 18.8. The van der Waals surface area contributed by atoms with Gasteiger partial charge in [-0.1, -0.05) is 24.3 Å². The molecule has 180 valence electrons. The number of fused-ring (bicyclic) bond motifs is 5. The van der Waals surface area contributed by atoms with Crippen LogP contribution in [0, 0.1) is 11.6 Å². The Hall–Kier alpha value is -2.81. The molecule has 0 aliphatic carbocycles. The van der Waals surface area contributed by atoms with Gasteiger partial charge in [-0.25, -0.2) is 8.78 Å². The van der Waals surface area contributed by atoms with Gasteiger partial charge in [0, 0.05) is 48.8 Å². The molecule has 2 aliphatic rings. The molecule has 2 N–H and O–H groups in total. The second kappa shape index (κ2) is 9.44. The second-order valence-electron chi connectivity index (χ2n) is 9.07. The molecular weight excluding hydrogens is 440 g/mol. The Morgan fingerprint density at radius 2 is 1.91 bits per heavy atom. The third-order valence-corrected chi connectivity index (χ3v) is 7.21. The van der Waals surface area contributed by atoms with E-state index in [0.29, 0.717) is 31.6 Å². The predicted octanol–water partition coefficient (Wildman–Crippen LogP) is 4.03. The molecule has 34 heavy (non-hydrogen) atoms. The summed E-state index contributed by atoms with van der Waals surface area (Å²) in [5, 5.41) is 4.66. The van der Waals surface area contributed by atoms with Crippen molar-refractivity contribution >= 4 is 16.9 Å². The van der Waals surface area contributed by atoms with Gasteiger partial charge >= 0.3 is 5.97 Å². The molecule has 1 saturated heterocycles. The van der Waals surface area contributed by atoms with Gasteiger partial charge in [0.1, 0.15) is 6.04 Å². The molecular formula is C26H29F2N3O3. The minimum atomic E-state index is -0.888. The standard InChI is InChI=1S/C26H29F2N3O3/c1-33-10-9-29-16-12-22(15-7-8-19(27)20(28)11-15)31-23(13-16)25-18(14-24(31)26(32)34-2)17-5-3-4-6-21(17)30-25/h3-8,11,16,22-24,29-30H,9-10,12-14H2,1-2H3/t16-,22-,23+,24-/m0/s1. The molecule has 0 amide bonds. The van der Waals surface area contributed by atoms with Crippen molar-refractivity contribution in [1.82, 2.24) is 15.2 Å². The monoisotopic (exact) mass is 469 g/mol. The van der Waals surface area contributed by atoms with Crippen LogP contribution in [-0.4, -0.2) is 55.3 Å². The minimum absolute atomic E-state index is 0.102. The fourth-order valence-corrected chi connectivity index (χ4v) is 5.72. The van der Waals surface area contributed by atoms with Gasteiger partial charge in [-0.05, 0) is 42.2 Å².